The topological polar surface area (TPSA) is 27.7 Å². The summed E-state index contributed by atoms with van der Waals surface area (Å²) in [6.45, 7) is 11.2. The number of hydrogen-bond acceptors (Lipinski definition) is 1. The normalized spacial score (nSPS) is 12.1. The fraction of sp³-hybridized carbons (Fsp3) is 0.143. The summed E-state index contributed by atoms with van der Waals surface area (Å²) >= 11 is 0. The van der Waals surface area contributed by atoms with Gasteiger partial charge >= 0.3 is 0 Å². The third-order valence-corrected chi connectivity index (χ3v) is 15.5. The van der Waals surface area contributed by atoms with E-state index in [1.807, 2.05) is 6.20 Å². The molecule has 3 aromatic heterocycles. The first-order valence-electron chi connectivity index (χ1n) is 18.8. The van der Waals surface area contributed by atoms with Crippen LogP contribution in [-0.4, -0.2) is 26.8 Å². The largest absolute Gasteiger partial charge is 0.319 e. The van der Waals surface area contributed by atoms with E-state index in [1.165, 1.54) is 37.2 Å². The van der Waals surface area contributed by atoms with Gasteiger partial charge in [-0.25, -0.2) is 14.1 Å². The van der Waals surface area contributed by atoms with Gasteiger partial charge in [-0.1, -0.05) is 105 Å². The van der Waals surface area contributed by atoms with Gasteiger partial charge in [-0.05, 0) is 70.9 Å². The molecular weight excluding hydrogens is 868 g/mol. The minimum Gasteiger partial charge on any atom is -0.319 e. The summed E-state index contributed by atoms with van der Waals surface area (Å²) in [7, 11) is -3.04. The van der Waals surface area contributed by atoms with Crippen LogP contribution in [0.25, 0.3) is 44.3 Å². The first-order valence-corrected chi connectivity index (χ1v) is 20.8. The van der Waals surface area contributed by atoms with Gasteiger partial charge in [-0.3, -0.25) is 0 Å². The summed E-state index contributed by atoms with van der Waals surface area (Å²) < 4.78 is 6.96. The third-order valence-electron chi connectivity index (χ3n) is 10.9. The van der Waals surface area contributed by atoms with E-state index in [0.717, 1.165) is 33.4 Å². The maximum absolute atomic E-state index is 4.99. The van der Waals surface area contributed by atoms with Gasteiger partial charge < -0.3 is 4.57 Å². The van der Waals surface area contributed by atoms with Crippen molar-refractivity contribution in [3.05, 3.63) is 182 Å². The van der Waals surface area contributed by atoms with Crippen LogP contribution in [0.15, 0.2) is 164 Å². The molecule has 0 aliphatic rings. The van der Waals surface area contributed by atoms with Gasteiger partial charge in [0.2, 0.25) is 0 Å². The smallest absolute Gasteiger partial charge is 0.188 e. The maximum Gasteiger partial charge on any atom is 0.188 e. The van der Waals surface area contributed by atoms with Crippen LogP contribution in [0, 0.1) is 12.1 Å². The molecule has 0 aliphatic carbocycles. The number of fused-ring (bicyclic) bond motifs is 4. The van der Waals surface area contributed by atoms with Crippen LogP contribution < -0.4 is 20.7 Å². The van der Waals surface area contributed by atoms with Gasteiger partial charge in [0.05, 0.1) is 6.04 Å². The number of rotatable bonds is 7. The molecule has 0 amide bonds. The Hall–Kier alpha value is -5.35. The average Bonchev–Trinajstić information content (AvgIpc) is 3.76. The van der Waals surface area contributed by atoms with Crippen LogP contribution >= 0.6 is 0 Å². The number of pyridine rings is 1. The zero-order chi connectivity index (χ0) is 37.0. The second-order valence-corrected chi connectivity index (χ2v) is 19.3. The molecule has 0 aliphatic heterocycles. The van der Waals surface area contributed by atoms with E-state index < -0.39 is 8.07 Å². The van der Waals surface area contributed by atoms with Crippen LogP contribution in [0.1, 0.15) is 46.2 Å². The van der Waals surface area contributed by atoms with Gasteiger partial charge in [0.1, 0.15) is 13.9 Å². The van der Waals surface area contributed by atoms with E-state index in [1.54, 1.807) is 0 Å². The zero-order valence-electron chi connectivity index (χ0n) is 31.8. The molecule has 0 atom stereocenters. The predicted molar refractivity (Wildman–Crippen MR) is 228 cm³/mol. The van der Waals surface area contributed by atoms with Gasteiger partial charge in [0.15, 0.2) is 17.4 Å². The second kappa shape index (κ2) is 14.4. The summed E-state index contributed by atoms with van der Waals surface area (Å²) in [5.41, 5.74) is 6.76. The Morgan fingerprint density at radius 1 is 0.618 bits per heavy atom. The van der Waals surface area contributed by atoms with Crippen molar-refractivity contribution in [3.8, 4) is 11.5 Å². The molecule has 4 nitrogen and oxygen atoms in total. The molecule has 0 radical (unpaired) electrons. The monoisotopic (exact) mass is 910 g/mol. The van der Waals surface area contributed by atoms with Gasteiger partial charge in [0, 0.05) is 50.6 Å². The molecule has 9 aromatic rings. The van der Waals surface area contributed by atoms with E-state index in [4.69, 9.17) is 4.98 Å². The van der Waals surface area contributed by atoms with E-state index in [-0.39, 0.29) is 26.5 Å². The summed E-state index contributed by atoms with van der Waals surface area (Å²) in [4.78, 5) is 4.99. The van der Waals surface area contributed by atoms with Crippen molar-refractivity contribution in [3.63, 3.8) is 0 Å². The molecule has 0 unspecified atom stereocenters. The van der Waals surface area contributed by atoms with Crippen LogP contribution in [0.2, 0.25) is 0 Å². The quantitative estimate of drug-likeness (QED) is 0.0892. The SMILES string of the molecule is CC(C)n1[cH+]n(-c2[c-]c([Si](c3[c-]c4c(cc3)c3ccccc3n4-c3cc(C(C)(C)C)ccn3)(c3ccccc3)c3ccccc3)ccc2)c2ccccc21.[Pt]. The molecule has 0 saturated carbocycles. The fourth-order valence-corrected chi connectivity index (χ4v) is 12.8. The van der Waals surface area contributed by atoms with Crippen molar-refractivity contribution in [2.45, 2.75) is 46.1 Å². The Balaban J connectivity index is 0.00000427. The molecule has 274 valence electrons. The molecule has 0 bridgehead atoms. The van der Waals surface area contributed by atoms with Crippen molar-refractivity contribution < 1.29 is 21.1 Å². The van der Waals surface area contributed by atoms with Crippen molar-refractivity contribution >= 4 is 61.7 Å². The minimum atomic E-state index is -3.04. The number of aromatic nitrogens is 4. The van der Waals surface area contributed by atoms with E-state index in [2.05, 4.69) is 218 Å². The number of benzene rings is 6. The molecule has 6 aromatic carbocycles. The van der Waals surface area contributed by atoms with Crippen molar-refractivity contribution in [1.29, 1.82) is 0 Å². The first kappa shape index (κ1) is 36.6. The number of imidazole rings is 1. The summed E-state index contributed by atoms with van der Waals surface area (Å²) in [5, 5.41) is 7.27. The van der Waals surface area contributed by atoms with Crippen molar-refractivity contribution in [2.24, 2.45) is 0 Å². The average molecular weight is 911 g/mol. The molecule has 0 saturated heterocycles. The fourth-order valence-electron chi connectivity index (χ4n) is 8.22. The van der Waals surface area contributed by atoms with E-state index in [9.17, 15) is 0 Å². The van der Waals surface area contributed by atoms with Gasteiger partial charge in [-0.2, -0.15) is 35.5 Å². The number of para-hydroxylation sites is 3. The molecular formula is C49H43N4PtSi-. The maximum atomic E-state index is 4.99. The Labute approximate surface area is 339 Å². The Bertz CT molecular complexity index is 2760. The Morgan fingerprint density at radius 3 is 1.91 bits per heavy atom. The Kier molecular flexibility index (Phi) is 9.57. The summed E-state index contributed by atoms with van der Waals surface area (Å²) in [5.74, 6) is 0.903. The first-order chi connectivity index (χ1) is 26.2. The Morgan fingerprint density at radius 2 is 1.24 bits per heavy atom. The third kappa shape index (κ3) is 6.11. The second-order valence-electron chi connectivity index (χ2n) is 15.5. The van der Waals surface area contributed by atoms with Crippen LogP contribution in [0.3, 0.4) is 0 Å². The van der Waals surface area contributed by atoms with E-state index >= 15 is 0 Å². The molecule has 6 heteroatoms. The standard InChI is InChI=1S/C49H43N4Si.Pt/c1-35(2)51-34-52(46-26-15-14-25-45(46)51)37-17-16-22-40(32-37)54(38-18-8-6-9-19-38,39-20-10-7-11-21-39)41-27-28-43-42-23-12-13-24-44(42)53(47(43)33-41)48-31-36(29-30-50-48)49(3,4)5;/h6-31,34-35H,1-5H3;/q-1;. The predicted octanol–water partition coefficient (Wildman–Crippen LogP) is 9.06. The van der Waals surface area contributed by atoms with Crippen molar-refractivity contribution in [1.82, 2.24) is 18.7 Å². The molecule has 3 heterocycles. The van der Waals surface area contributed by atoms with E-state index in [0.29, 0.717) is 6.04 Å². The zero-order valence-corrected chi connectivity index (χ0v) is 35.0. The number of nitrogens with zero attached hydrogens (tertiary/aromatic N) is 4. The van der Waals surface area contributed by atoms with Crippen LogP contribution in [-0.2, 0) is 26.5 Å². The molecule has 0 spiro atoms. The van der Waals surface area contributed by atoms with Gasteiger partial charge in [-0.15, -0.1) is 22.7 Å². The molecule has 0 N–H and O–H groups in total. The van der Waals surface area contributed by atoms with Gasteiger partial charge in [0.25, 0.3) is 0 Å². The molecule has 0 fully saturated rings. The van der Waals surface area contributed by atoms with Crippen LogP contribution in [0.5, 0.6) is 0 Å². The number of hydrogen-bond donors (Lipinski definition) is 0. The van der Waals surface area contributed by atoms with Crippen LogP contribution in [0.4, 0.5) is 0 Å². The minimum absolute atomic E-state index is 0. The van der Waals surface area contributed by atoms with Crippen molar-refractivity contribution in [2.75, 3.05) is 0 Å². The summed E-state index contributed by atoms with van der Waals surface area (Å²) in [6, 6.07) is 63.7. The summed E-state index contributed by atoms with van der Waals surface area (Å²) in [6.07, 6.45) is 4.18. The molecule has 9 rings (SSSR count). The molecule has 55 heavy (non-hydrogen) atoms.